The van der Waals surface area contributed by atoms with Crippen molar-refractivity contribution in [1.29, 1.82) is 5.26 Å². The van der Waals surface area contributed by atoms with Gasteiger partial charge in [-0.3, -0.25) is 0 Å². The van der Waals surface area contributed by atoms with Crippen molar-refractivity contribution in [2.45, 2.75) is 25.4 Å². The van der Waals surface area contributed by atoms with Gasteiger partial charge in [-0.2, -0.15) is 5.26 Å². The minimum absolute atomic E-state index is 0.625. The molecule has 2 heterocycles. The highest BCUT2D eigenvalue weighted by Gasteiger charge is 2.37. The number of aryl methyl sites for hydroxylation is 3. The molecule has 202 valence electrons. The molecule has 0 aliphatic carbocycles. The topological polar surface area (TPSA) is 62.9 Å². The van der Waals surface area contributed by atoms with Crippen LogP contribution in [-0.4, -0.2) is 16.7 Å². The molecule has 4 aromatic carbocycles. The zero-order valence-corrected chi connectivity index (χ0v) is 23.9. The Kier molecular flexibility index (Phi) is 7.28. The second kappa shape index (κ2) is 11.3. The first kappa shape index (κ1) is 26.4. The van der Waals surface area contributed by atoms with Crippen molar-refractivity contribution in [3.8, 4) is 11.8 Å². The molecule has 0 unspecified atom stereocenters. The number of benzene rings is 4. The monoisotopic (exact) mass is 554 g/mol. The average molecular weight is 555 g/mol. The van der Waals surface area contributed by atoms with E-state index in [-0.39, 0.29) is 0 Å². The maximum absolute atomic E-state index is 9.86. The number of hydrogen-bond acceptors (Lipinski definition) is 5. The van der Waals surface area contributed by atoms with Gasteiger partial charge in [0, 0.05) is 34.8 Å². The molecule has 6 aromatic rings. The molecular formula is C35H30N4OS. The van der Waals surface area contributed by atoms with Gasteiger partial charge in [0.05, 0.1) is 12.8 Å². The lowest BCUT2D eigenvalue weighted by Crippen LogP contribution is -2.38. The molecule has 0 amide bonds. The van der Waals surface area contributed by atoms with Crippen LogP contribution >= 0.6 is 11.3 Å². The Balaban J connectivity index is 1.35. The number of nitrogens with one attached hydrogen (secondary N) is 1. The normalized spacial score (nSPS) is 11.3. The highest BCUT2D eigenvalue weighted by molar-refractivity contribution is 7.13. The van der Waals surface area contributed by atoms with E-state index in [9.17, 15) is 5.26 Å². The van der Waals surface area contributed by atoms with E-state index in [1.165, 1.54) is 0 Å². The summed E-state index contributed by atoms with van der Waals surface area (Å²) >= 11 is 1.61. The molecule has 0 bridgehead atoms. The summed E-state index contributed by atoms with van der Waals surface area (Å²) < 4.78 is 7.58. The highest BCUT2D eigenvalue weighted by Crippen LogP contribution is 2.40. The van der Waals surface area contributed by atoms with E-state index in [1.54, 1.807) is 18.4 Å². The molecule has 0 aliphatic heterocycles. The molecule has 6 heteroatoms. The van der Waals surface area contributed by atoms with Gasteiger partial charge in [-0.25, -0.2) is 4.98 Å². The number of nitrogens with zero attached hydrogens (tertiary/aromatic N) is 3. The maximum Gasteiger partial charge on any atom is 0.184 e. The van der Waals surface area contributed by atoms with Gasteiger partial charge in [0.2, 0.25) is 0 Å². The third-order valence-electron chi connectivity index (χ3n) is 7.70. The largest absolute Gasteiger partial charge is 0.496 e. The third-order valence-corrected chi connectivity index (χ3v) is 8.50. The second-order valence-corrected chi connectivity index (χ2v) is 10.8. The van der Waals surface area contributed by atoms with E-state index < -0.39 is 5.54 Å². The van der Waals surface area contributed by atoms with E-state index in [2.05, 4.69) is 94.1 Å². The second-order valence-electron chi connectivity index (χ2n) is 9.99. The van der Waals surface area contributed by atoms with E-state index in [0.29, 0.717) is 18.7 Å². The molecular weight excluding hydrogens is 524 g/mol. The lowest BCUT2D eigenvalue weighted by atomic mass is 9.77. The minimum Gasteiger partial charge on any atom is -0.496 e. The van der Waals surface area contributed by atoms with Crippen molar-refractivity contribution in [3.63, 3.8) is 0 Å². The van der Waals surface area contributed by atoms with Crippen LogP contribution in [0.5, 0.6) is 5.75 Å². The summed E-state index contributed by atoms with van der Waals surface area (Å²) in [5, 5.41) is 17.7. The molecule has 6 rings (SSSR count). The Bertz CT molecular complexity index is 1720. The average Bonchev–Trinajstić information content (AvgIpc) is 3.64. The van der Waals surface area contributed by atoms with E-state index in [1.807, 2.05) is 43.3 Å². The Labute approximate surface area is 244 Å². The molecule has 2 aromatic heterocycles. The van der Waals surface area contributed by atoms with Crippen molar-refractivity contribution in [2.24, 2.45) is 0 Å². The van der Waals surface area contributed by atoms with Crippen molar-refractivity contribution < 1.29 is 4.74 Å². The SMILES string of the molecule is COc1ccc2c(cc(C#N)n2CCc2csc(NC(c3ccccc3)(c3ccccc3)c3ccccc3)n2)c1C. The summed E-state index contributed by atoms with van der Waals surface area (Å²) in [5.41, 5.74) is 6.48. The van der Waals surface area contributed by atoms with Crippen molar-refractivity contribution in [2.75, 3.05) is 12.4 Å². The van der Waals surface area contributed by atoms with E-state index in [4.69, 9.17) is 9.72 Å². The van der Waals surface area contributed by atoms with Crippen molar-refractivity contribution in [3.05, 3.63) is 148 Å². The summed E-state index contributed by atoms with van der Waals surface area (Å²) in [7, 11) is 1.67. The number of rotatable bonds is 9. The van der Waals surface area contributed by atoms with Gasteiger partial charge in [-0.05, 0) is 41.8 Å². The Morgan fingerprint density at radius 2 is 1.46 bits per heavy atom. The van der Waals surface area contributed by atoms with Gasteiger partial charge in [0.1, 0.15) is 23.1 Å². The number of ether oxygens (including phenoxy) is 1. The summed E-state index contributed by atoms with van der Waals surface area (Å²) in [4.78, 5) is 5.04. The number of aromatic nitrogens is 2. The van der Waals surface area contributed by atoms with E-state index >= 15 is 0 Å². The Morgan fingerprint density at radius 1 is 0.878 bits per heavy atom. The quantitative estimate of drug-likeness (QED) is 0.184. The summed E-state index contributed by atoms with van der Waals surface area (Å²) in [6, 6.07) is 39.9. The zero-order chi connectivity index (χ0) is 28.2. The number of methoxy groups -OCH3 is 1. The Morgan fingerprint density at radius 3 is 2.00 bits per heavy atom. The van der Waals surface area contributed by atoms with Crippen LogP contribution in [0.15, 0.2) is 115 Å². The van der Waals surface area contributed by atoms with Crippen LogP contribution in [0.3, 0.4) is 0 Å². The minimum atomic E-state index is -0.625. The first-order chi connectivity index (χ1) is 20.1. The van der Waals surface area contributed by atoms with Gasteiger partial charge in [-0.15, -0.1) is 11.3 Å². The molecule has 5 nitrogen and oxygen atoms in total. The zero-order valence-electron chi connectivity index (χ0n) is 23.0. The molecule has 1 N–H and O–H groups in total. The first-order valence-corrected chi connectivity index (χ1v) is 14.5. The van der Waals surface area contributed by atoms with Gasteiger partial charge in [0.25, 0.3) is 0 Å². The van der Waals surface area contributed by atoms with Crippen molar-refractivity contribution >= 4 is 27.4 Å². The summed E-state index contributed by atoms with van der Waals surface area (Å²) in [6.45, 7) is 2.69. The van der Waals surface area contributed by atoms with Crippen LogP contribution in [0.25, 0.3) is 10.9 Å². The van der Waals surface area contributed by atoms with Crippen LogP contribution in [-0.2, 0) is 18.5 Å². The van der Waals surface area contributed by atoms with Crippen LogP contribution < -0.4 is 10.1 Å². The molecule has 0 saturated carbocycles. The van der Waals surface area contributed by atoms with Crippen LogP contribution in [0, 0.1) is 18.3 Å². The predicted octanol–water partition coefficient (Wildman–Crippen LogP) is 7.93. The summed E-state index contributed by atoms with van der Waals surface area (Å²) in [5.74, 6) is 0.827. The Hall–Kier alpha value is -4.86. The fourth-order valence-corrected chi connectivity index (χ4v) is 6.46. The molecule has 0 aliphatic rings. The number of anilines is 1. The number of fused-ring (bicyclic) bond motifs is 1. The van der Waals surface area contributed by atoms with Crippen LogP contribution in [0.1, 0.15) is 33.6 Å². The van der Waals surface area contributed by atoms with Gasteiger partial charge in [-0.1, -0.05) is 91.0 Å². The maximum atomic E-state index is 9.86. The number of nitriles is 1. The van der Waals surface area contributed by atoms with Gasteiger partial charge >= 0.3 is 0 Å². The fourth-order valence-electron chi connectivity index (χ4n) is 5.66. The number of thiazole rings is 1. The highest BCUT2D eigenvalue weighted by atomic mass is 32.1. The standard InChI is InChI=1S/C35H30N4OS/c1-25-31-22-30(23-36)39(32(31)18-19-33(25)40-2)21-20-29-24-41-34(37-29)38-35(26-12-6-3-7-13-26,27-14-8-4-9-15-27)28-16-10-5-11-17-28/h3-19,22,24H,20-21H2,1-2H3,(H,37,38). The molecule has 0 atom stereocenters. The molecule has 0 spiro atoms. The van der Waals surface area contributed by atoms with Gasteiger partial charge in [0.15, 0.2) is 5.13 Å². The van der Waals surface area contributed by atoms with E-state index in [0.717, 1.165) is 49.7 Å². The molecule has 0 saturated heterocycles. The van der Waals surface area contributed by atoms with Crippen molar-refractivity contribution in [1.82, 2.24) is 9.55 Å². The smallest absolute Gasteiger partial charge is 0.184 e. The van der Waals surface area contributed by atoms with Gasteiger partial charge < -0.3 is 14.6 Å². The third kappa shape index (κ3) is 4.86. The lowest BCUT2D eigenvalue weighted by molar-refractivity contribution is 0.412. The first-order valence-electron chi connectivity index (χ1n) is 13.6. The molecule has 41 heavy (non-hydrogen) atoms. The van der Waals surface area contributed by atoms with Crippen LogP contribution in [0.2, 0.25) is 0 Å². The molecule has 0 radical (unpaired) electrons. The predicted molar refractivity (Wildman–Crippen MR) is 167 cm³/mol. The summed E-state index contributed by atoms with van der Waals surface area (Å²) in [6.07, 6.45) is 0.705. The molecule has 0 fully saturated rings. The fraction of sp³-hybridized carbons (Fsp3) is 0.143. The number of hydrogen-bond donors (Lipinski definition) is 1. The lowest BCUT2D eigenvalue weighted by Gasteiger charge is -2.36. The van der Waals surface area contributed by atoms with Crippen LogP contribution in [0.4, 0.5) is 5.13 Å².